The molecule has 29 heavy (non-hydrogen) atoms. The maximum absolute atomic E-state index is 10.2. The molecule has 2 heterocycles. The average Bonchev–Trinajstić information content (AvgIpc) is 3.17. The lowest BCUT2D eigenvalue weighted by Crippen LogP contribution is -2.46. The van der Waals surface area contributed by atoms with Crippen molar-refractivity contribution >= 4 is 8.53 Å². The fourth-order valence-electron chi connectivity index (χ4n) is 2.95. The highest BCUT2D eigenvalue weighted by Crippen LogP contribution is 2.37. The van der Waals surface area contributed by atoms with Gasteiger partial charge >= 0.3 is 0 Å². The molecule has 0 bridgehead atoms. The second-order valence-electron chi connectivity index (χ2n) is 5.92. The minimum Gasteiger partial charge on any atom is -0.387 e. The van der Waals surface area contributed by atoms with Gasteiger partial charge in [0.15, 0.2) is 0 Å². The molecular weight excluding hydrogens is 403 g/mol. The summed E-state index contributed by atoms with van der Waals surface area (Å²) in [7, 11) is 3.18. The van der Waals surface area contributed by atoms with E-state index in [1.807, 2.05) is 27.7 Å². The third-order valence-electron chi connectivity index (χ3n) is 4.31. The quantitative estimate of drug-likeness (QED) is 0.247. The lowest BCUT2D eigenvalue weighted by Gasteiger charge is -2.27. The second-order valence-corrected chi connectivity index (χ2v) is 7.32. The average molecular weight is 445 g/mol. The van der Waals surface area contributed by atoms with Gasteiger partial charge in [-0.05, 0) is 7.05 Å². The van der Waals surface area contributed by atoms with Gasteiger partial charge < -0.3 is 50.3 Å². The summed E-state index contributed by atoms with van der Waals surface area (Å²) in [6.45, 7) is 8.41. The van der Waals surface area contributed by atoms with E-state index >= 15 is 0 Å². The van der Waals surface area contributed by atoms with Crippen molar-refractivity contribution in [1.29, 1.82) is 0 Å². The van der Waals surface area contributed by atoms with Gasteiger partial charge in [0.25, 0.3) is 8.53 Å². The fourth-order valence-corrected chi connectivity index (χ4v) is 4.08. The topological polar surface area (TPSA) is 163 Å². The number of aliphatic hydroxyl groups is 2. The van der Waals surface area contributed by atoms with Gasteiger partial charge in [-0.3, -0.25) is 0 Å². The second kappa shape index (κ2) is 15.7. The monoisotopic (exact) mass is 444 g/mol. The highest BCUT2D eigenvalue weighted by Gasteiger charge is 2.44. The Kier molecular flexibility index (Phi) is 15.7. The van der Waals surface area contributed by atoms with Crippen molar-refractivity contribution in [1.82, 2.24) is 10.4 Å². The van der Waals surface area contributed by atoms with Crippen molar-refractivity contribution in [3.8, 4) is 0 Å². The van der Waals surface area contributed by atoms with E-state index in [-0.39, 0.29) is 19.3 Å². The zero-order valence-corrected chi connectivity index (χ0v) is 19.5. The number of hydrogen-bond acceptors (Lipinski definition) is 11. The standard InChI is InChI=1S/C13H29N4O7P.2C2H6/c1-16-8-7(24-12(14)10(8)18)5-22-25(21-3)17-9-6(4-20-2)23-13(15)11(9)19;2*1-2/h6-13,16-19H,4-5,14-15H2,1-3H3;2*1-2H3. The minimum atomic E-state index is -1.55. The van der Waals surface area contributed by atoms with Crippen molar-refractivity contribution in [3.63, 3.8) is 0 Å². The first-order valence-corrected chi connectivity index (χ1v) is 11.2. The van der Waals surface area contributed by atoms with Crippen molar-refractivity contribution in [2.75, 3.05) is 34.5 Å². The van der Waals surface area contributed by atoms with Crippen LogP contribution in [0.3, 0.4) is 0 Å². The van der Waals surface area contributed by atoms with Crippen LogP contribution in [-0.2, 0) is 23.3 Å². The molecule has 0 aromatic rings. The number of methoxy groups -OCH3 is 1. The normalized spacial score (nSPS) is 37.3. The lowest BCUT2D eigenvalue weighted by molar-refractivity contribution is -0.0163. The van der Waals surface area contributed by atoms with Gasteiger partial charge in [-0.25, -0.2) is 5.09 Å². The van der Waals surface area contributed by atoms with Gasteiger partial charge in [0, 0.05) is 14.2 Å². The van der Waals surface area contributed by atoms with Gasteiger partial charge in [0.1, 0.15) is 36.9 Å². The number of rotatable bonds is 9. The van der Waals surface area contributed by atoms with E-state index < -0.39 is 51.4 Å². The van der Waals surface area contributed by atoms with Gasteiger partial charge in [0.2, 0.25) is 0 Å². The molecule has 8 N–H and O–H groups in total. The van der Waals surface area contributed by atoms with Gasteiger partial charge in [-0.1, -0.05) is 27.7 Å². The third kappa shape index (κ3) is 8.21. The van der Waals surface area contributed by atoms with Crippen LogP contribution in [-0.4, -0.2) is 93.6 Å². The summed E-state index contributed by atoms with van der Waals surface area (Å²) in [5.74, 6) is 0. The van der Waals surface area contributed by atoms with Crippen LogP contribution in [0.4, 0.5) is 0 Å². The molecule has 2 rings (SSSR count). The number of hydrogen-bond donors (Lipinski definition) is 6. The van der Waals surface area contributed by atoms with Crippen LogP contribution >= 0.6 is 8.53 Å². The highest BCUT2D eigenvalue weighted by atomic mass is 31.2. The summed E-state index contributed by atoms with van der Waals surface area (Å²) < 4.78 is 27.1. The Hall–Kier alpha value is -0.0100. The summed E-state index contributed by atoms with van der Waals surface area (Å²) in [6, 6.07) is -0.850. The van der Waals surface area contributed by atoms with Gasteiger partial charge in [0.05, 0.1) is 25.3 Å². The van der Waals surface area contributed by atoms with E-state index in [0.717, 1.165) is 0 Å². The molecule has 0 aromatic carbocycles. The Labute approximate surface area is 175 Å². The SMILES string of the molecule is CC.CC.CNC1C(COP(NC2C(COC)OC(N)C2O)OC)OC(N)C1O. The third-order valence-corrected chi connectivity index (χ3v) is 5.54. The van der Waals surface area contributed by atoms with Crippen LogP contribution in [0, 0.1) is 0 Å². The van der Waals surface area contributed by atoms with Gasteiger partial charge in [-0.15, -0.1) is 0 Å². The molecule has 2 saturated heterocycles. The molecule has 11 nitrogen and oxygen atoms in total. The number of aliphatic hydroxyl groups excluding tert-OH is 2. The Balaban J connectivity index is 0.00000184. The van der Waals surface area contributed by atoms with E-state index in [2.05, 4.69) is 10.4 Å². The van der Waals surface area contributed by atoms with Crippen LogP contribution in [0.5, 0.6) is 0 Å². The first-order chi connectivity index (χ1) is 13.9. The first kappa shape index (κ1) is 29.0. The molecule has 12 heteroatoms. The molecule has 9 atom stereocenters. The van der Waals surface area contributed by atoms with E-state index in [0.29, 0.717) is 0 Å². The molecular formula is C17H41N4O7P. The van der Waals surface area contributed by atoms with E-state index in [1.54, 1.807) is 7.05 Å². The number of nitrogens with two attached hydrogens (primary N) is 2. The summed E-state index contributed by atoms with van der Waals surface area (Å²) in [5.41, 5.74) is 11.4. The summed E-state index contributed by atoms with van der Waals surface area (Å²) in [5, 5.41) is 26.2. The Bertz CT molecular complexity index is 416. The van der Waals surface area contributed by atoms with Crippen molar-refractivity contribution < 1.29 is 33.5 Å². The molecule has 0 radical (unpaired) electrons. The van der Waals surface area contributed by atoms with Crippen LogP contribution in [0.25, 0.3) is 0 Å². The van der Waals surface area contributed by atoms with Crippen LogP contribution in [0.2, 0.25) is 0 Å². The molecule has 176 valence electrons. The highest BCUT2D eigenvalue weighted by molar-refractivity contribution is 7.44. The zero-order valence-electron chi connectivity index (χ0n) is 18.6. The molecule has 0 spiro atoms. The molecule has 0 aromatic heterocycles. The maximum Gasteiger partial charge on any atom is 0.256 e. The summed E-state index contributed by atoms with van der Waals surface area (Å²) in [4.78, 5) is 0. The molecule has 0 amide bonds. The smallest absolute Gasteiger partial charge is 0.256 e. The first-order valence-electron chi connectivity index (χ1n) is 10.0. The largest absolute Gasteiger partial charge is 0.387 e. The number of nitrogens with one attached hydrogen (secondary N) is 2. The number of ether oxygens (including phenoxy) is 3. The van der Waals surface area contributed by atoms with Crippen LogP contribution in [0.1, 0.15) is 27.7 Å². The van der Waals surface area contributed by atoms with E-state index in [1.165, 1.54) is 14.2 Å². The maximum atomic E-state index is 10.2. The van der Waals surface area contributed by atoms with E-state index in [4.69, 9.17) is 34.7 Å². The molecule has 0 saturated carbocycles. The lowest BCUT2D eigenvalue weighted by atomic mass is 10.1. The molecule has 2 aliphatic rings. The van der Waals surface area contributed by atoms with Crippen LogP contribution < -0.4 is 21.9 Å². The molecule has 2 fully saturated rings. The Morgan fingerprint density at radius 2 is 1.38 bits per heavy atom. The van der Waals surface area contributed by atoms with E-state index in [9.17, 15) is 10.2 Å². The van der Waals surface area contributed by atoms with Crippen molar-refractivity contribution in [2.45, 2.75) is 76.7 Å². The fraction of sp³-hybridized carbons (Fsp3) is 1.00. The van der Waals surface area contributed by atoms with Crippen LogP contribution in [0.15, 0.2) is 0 Å². The predicted octanol–water partition coefficient (Wildman–Crippen LogP) is -0.790. The Morgan fingerprint density at radius 3 is 1.83 bits per heavy atom. The molecule has 2 aliphatic heterocycles. The summed E-state index contributed by atoms with van der Waals surface area (Å²) in [6.07, 6.45) is -4.20. The predicted molar refractivity (Wildman–Crippen MR) is 112 cm³/mol. The zero-order chi connectivity index (χ0) is 22.6. The summed E-state index contributed by atoms with van der Waals surface area (Å²) >= 11 is 0. The van der Waals surface area contributed by atoms with Crippen molar-refractivity contribution in [2.24, 2.45) is 11.5 Å². The Morgan fingerprint density at radius 1 is 0.897 bits per heavy atom. The van der Waals surface area contributed by atoms with Gasteiger partial charge in [-0.2, -0.15) is 0 Å². The molecule has 9 unspecified atom stereocenters. The molecule has 0 aliphatic carbocycles. The number of likely N-dealkylation sites (N-methyl/N-ethyl adjacent to an activating group) is 1. The van der Waals surface area contributed by atoms with Crippen molar-refractivity contribution in [3.05, 3.63) is 0 Å². The minimum absolute atomic E-state index is 0.146.